The molecule has 0 aliphatic rings. The number of nitrogens with zero attached hydrogens (tertiary/aromatic N) is 5. The first-order chi connectivity index (χ1) is 8.75. The molecule has 6 nitrogen and oxygen atoms in total. The number of rotatable bonds is 2. The molecule has 0 aliphatic carbocycles. The molecule has 0 radical (unpaired) electrons. The molecule has 0 unspecified atom stereocenters. The highest BCUT2D eigenvalue weighted by Crippen LogP contribution is 2.17. The van der Waals surface area contributed by atoms with Gasteiger partial charge < -0.3 is 0 Å². The lowest BCUT2D eigenvalue weighted by Crippen LogP contribution is -2.00. The van der Waals surface area contributed by atoms with E-state index in [1.165, 1.54) is 0 Å². The molecule has 0 aliphatic heterocycles. The van der Waals surface area contributed by atoms with Crippen LogP contribution in [0.25, 0.3) is 17.2 Å². The lowest BCUT2D eigenvalue weighted by molar-refractivity contribution is 0.766. The Bertz CT molecular complexity index is 723. The number of hydrogen-bond acceptors (Lipinski definition) is 4. The van der Waals surface area contributed by atoms with Gasteiger partial charge in [-0.1, -0.05) is 12.2 Å². The molecule has 3 aromatic rings. The molecule has 0 saturated heterocycles. The van der Waals surface area contributed by atoms with Gasteiger partial charge in [0.1, 0.15) is 4.64 Å². The lowest BCUT2D eigenvalue weighted by Gasteiger charge is -2.01. The quantitative estimate of drug-likeness (QED) is 0.711. The smallest absolute Gasteiger partial charge is 0.171 e. The Balaban J connectivity index is 2.13. The van der Waals surface area contributed by atoms with Gasteiger partial charge in [-0.15, -0.1) is 0 Å². The van der Waals surface area contributed by atoms with Crippen molar-refractivity contribution in [2.24, 2.45) is 7.05 Å². The number of aromatic amines is 1. The maximum Gasteiger partial charge on any atom is 0.171 e. The molecule has 0 fully saturated rings. The van der Waals surface area contributed by atoms with Crippen molar-refractivity contribution in [3.05, 3.63) is 41.6 Å². The van der Waals surface area contributed by atoms with E-state index in [9.17, 15) is 0 Å². The number of aromatic nitrogens is 6. The van der Waals surface area contributed by atoms with E-state index >= 15 is 0 Å². The zero-order valence-electron chi connectivity index (χ0n) is 9.61. The molecule has 0 spiro atoms. The van der Waals surface area contributed by atoms with E-state index in [-0.39, 0.29) is 0 Å². The molecule has 90 valence electrons. The van der Waals surface area contributed by atoms with Crippen molar-refractivity contribution in [3.8, 4) is 17.2 Å². The van der Waals surface area contributed by atoms with Crippen molar-refractivity contribution >= 4 is 12.2 Å². The molecule has 0 saturated carbocycles. The van der Waals surface area contributed by atoms with Gasteiger partial charge in [0.15, 0.2) is 5.82 Å². The van der Waals surface area contributed by atoms with Gasteiger partial charge in [0.05, 0.1) is 17.6 Å². The largest absolute Gasteiger partial charge is 0.289 e. The third-order valence-corrected chi connectivity index (χ3v) is 2.90. The van der Waals surface area contributed by atoms with E-state index in [0.717, 1.165) is 11.4 Å². The monoisotopic (exact) mass is 258 g/mol. The highest BCUT2D eigenvalue weighted by atomic mass is 32.1. The van der Waals surface area contributed by atoms with Gasteiger partial charge in [-0.2, -0.15) is 5.10 Å². The average molecular weight is 258 g/mol. The molecule has 1 N–H and O–H groups in total. The summed E-state index contributed by atoms with van der Waals surface area (Å²) in [6.07, 6.45) is 6.64. The summed E-state index contributed by atoms with van der Waals surface area (Å²) < 4.78 is 4.14. The number of H-pyrrole nitrogens is 1. The predicted octanol–water partition coefficient (Wildman–Crippen LogP) is 1.73. The number of hydrogen-bond donors (Lipinski definition) is 1. The SMILES string of the molecule is Cn1nccc1-c1cc(=S)n(-c2cnccn2)[nH]1. The highest BCUT2D eigenvalue weighted by Gasteiger charge is 2.08. The maximum atomic E-state index is 5.31. The van der Waals surface area contributed by atoms with Crippen LogP contribution in [0.15, 0.2) is 36.9 Å². The van der Waals surface area contributed by atoms with Crippen LogP contribution in [0.2, 0.25) is 0 Å². The summed E-state index contributed by atoms with van der Waals surface area (Å²) in [5.74, 6) is 0.663. The molecule has 0 atom stereocenters. The fraction of sp³-hybridized carbons (Fsp3) is 0.0909. The van der Waals surface area contributed by atoms with E-state index in [1.807, 2.05) is 19.2 Å². The van der Waals surface area contributed by atoms with Crippen LogP contribution in [0.3, 0.4) is 0 Å². The van der Waals surface area contributed by atoms with Crippen molar-refractivity contribution in [1.82, 2.24) is 29.5 Å². The number of aryl methyl sites for hydroxylation is 1. The molecular formula is C11H10N6S. The Morgan fingerprint density at radius 1 is 1.28 bits per heavy atom. The van der Waals surface area contributed by atoms with Gasteiger partial charge in [-0.25, -0.2) is 9.67 Å². The molecule has 18 heavy (non-hydrogen) atoms. The third-order valence-electron chi connectivity index (χ3n) is 2.60. The summed E-state index contributed by atoms with van der Waals surface area (Å²) in [4.78, 5) is 8.23. The molecule has 3 rings (SSSR count). The van der Waals surface area contributed by atoms with Crippen LogP contribution in [0.5, 0.6) is 0 Å². The fourth-order valence-corrected chi connectivity index (χ4v) is 2.00. The highest BCUT2D eigenvalue weighted by molar-refractivity contribution is 7.71. The summed E-state index contributed by atoms with van der Waals surface area (Å²) in [7, 11) is 1.88. The van der Waals surface area contributed by atoms with Gasteiger partial charge in [-0.3, -0.25) is 14.8 Å². The van der Waals surface area contributed by atoms with Gasteiger partial charge in [0.25, 0.3) is 0 Å². The normalized spacial score (nSPS) is 10.7. The Morgan fingerprint density at radius 3 is 2.83 bits per heavy atom. The van der Waals surface area contributed by atoms with Crippen LogP contribution in [-0.2, 0) is 7.05 Å². The van der Waals surface area contributed by atoms with E-state index in [1.54, 1.807) is 34.2 Å². The zero-order chi connectivity index (χ0) is 12.5. The minimum Gasteiger partial charge on any atom is -0.289 e. The van der Waals surface area contributed by atoms with Crippen LogP contribution < -0.4 is 0 Å². The van der Waals surface area contributed by atoms with Crippen LogP contribution in [0.4, 0.5) is 0 Å². The molecule has 3 aromatic heterocycles. The second kappa shape index (κ2) is 4.19. The van der Waals surface area contributed by atoms with Crippen molar-refractivity contribution in [3.63, 3.8) is 0 Å². The minimum absolute atomic E-state index is 0.645. The Morgan fingerprint density at radius 2 is 2.17 bits per heavy atom. The van der Waals surface area contributed by atoms with Crippen molar-refractivity contribution in [2.45, 2.75) is 0 Å². The summed E-state index contributed by atoms with van der Waals surface area (Å²) in [6.45, 7) is 0. The standard InChI is InChI=1S/C11H10N6S/c1-16-9(2-3-14-16)8-6-11(18)17(15-8)10-7-12-4-5-13-10/h2-7,15H,1H3. The Hall–Kier alpha value is -2.28. The van der Waals surface area contributed by atoms with Crippen molar-refractivity contribution < 1.29 is 0 Å². The zero-order valence-corrected chi connectivity index (χ0v) is 10.4. The van der Waals surface area contributed by atoms with Gasteiger partial charge >= 0.3 is 0 Å². The number of nitrogens with one attached hydrogen (secondary N) is 1. The summed E-state index contributed by atoms with van der Waals surface area (Å²) in [6, 6.07) is 3.79. The second-order valence-electron chi connectivity index (χ2n) is 3.75. The first-order valence-corrected chi connectivity index (χ1v) is 5.73. The van der Waals surface area contributed by atoms with Gasteiger partial charge in [-0.05, 0) is 6.07 Å². The first-order valence-electron chi connectivity index (χ1n) is 5.32. The van der Waals surface area contributed by atoms with Crippen LogP contribution >= 0.6 is 12.2 Å². The van der Waals surface area contributed by atoms with Crippen LogP contribution in [0, 0.1) is 4.64 Å². The van der Waals surface area contributed by atoms with Gasteiger partial charge in [0, 0.05) is 31.7 Å². The molecular weight excluding hydrogens is 248 g/mol. The van der Waals surface area contributed by atoms with Gasteiger partial charge in [0.2, 0.25) is 0 Å². The summed E-state index contributed by atoms with van der Waals surface area (Å²) in [5.41, 5.74) is 1.86. The maximum absolute atomic E-state index is 5.31. The Kier molecular flexibility index (Phi) is 2.52. The van der Waals surface area contributed by atoms with Crippen molar-refractivity contribution in [2.75, 3.05) is 0 Å². The minimum atomic E-state index is 0.645. The second-order valence-corrected chi connectivity index (χ2v) is 4.17. The molecule has 0 aromatic carbocycles. The molecule has 3 heterocycles. The lowest BCUT2D eigenvalue weighted by atomic mass is 10.3. The van der Waals surface area contributed by atoms with E-state index in [4.69, 9.17) is 12.2 Å². The van der Waals surface area contributed by atoms with Crippen LogP contribution in [0.1, 0.15) is 0 Å². The van der Waals surface area contributed by atoms with E-state index < -0.39 is 0 Å². The van der Waals surface area contributed by atoms with Crippen LogP contribution in [-0.4, -0.2) is 29.5 Å². The molecule has 7 heteroatoms. The fourth-order valence-electron chi connectivity index (χ4n) is 1.74. The molecule has 0 bridgehead atoms. The van der Waals surface area contributed by atoms with Crippen molar-refractivity contribution in [1.29, 1.82) is 0 Å². The Labute approximate surface area is 108 Å². The van der Waals surface area contributed by atoms with E-state index in [0.29, 0.717) is 10.5 Å². The predicted molar refractivity (Wildman–Crippen MR) is 68.7 cm³/mol. The topological polar surface area (TPSA) is 64.3 Å². The van der Waals surface area contributed by atoms with E-state index in [2.05, 4.69) is 20.2 Å². The average Bonchev–Trinajstić information content (AvgIpc) is 2.96. The third kappa shape index (κ3) is 1.74. The summed E-state index contributed by atoms with van der Waals surface area (Å²) >= 11 is 5.31. The molecule has 0 amide bonds. The first kappa shape index (κ1) is 10.8. The summed E-state index contributed by atoms with van der Waals surface area (Å²) in [5, 5.41) is 7.32.